The molecule has 0 amide bonds. The van der Waals surface area contributed by atoms with Crippen molar-refractivity contribution in [3.05, 3.63) is 70.8 Å². The average molecular weight is 318 g/mol. The van der Waals surface area contributed by atoms with E-state index in [-0.39, 0.29) is 0 Å². The van der Waals surface area contributed by atoms with Crippen molar-refractivity contribution in [1.29, 1.82) is 0 Å². The number of rotatable bonds is 0. The predicted octanol–water partition coefficient (Wildman–Crippen LogP) is 3.21. The summed E-state index contributed by atoms with van der Waals surface area (Å²) >= 11 is 0. The van der Waals surface area contributed by atoms with Crippen molar-refractivity contribution in [3.63, 3.8) is 0 Å². The lowest BCUT2D eigenvalue weighted by atomic mass is 9.92. The van der Waals surface area contributed by atoms with E-state index in [1.807, 2.05) is 0 Å². The minimum atomic E-state index is 0.459. The highest BCUT2D eigenvalue weighted by Crippen LogP contribution is 2.25. The fourth-order valence-electron chi connectivity index (χ4n) is 3.44. The molecule has 0 fully saturated rings. The molecule has 0 radical (unpaired) electrons. The minimum absolute atomic E-state index is 0.459. The molecule has 0 aromatic heterocycles. The summed E-state index contributed by atoms with van der Waals surface area (Å²) in [5, 5.41) is 0. The molecule has 4 nitrogen and oxygen atoms in total. The number of benzene rings is 2. The SMILES string of the molecule is CC1CN=C(NNC2=NCC(C)c3ccccc32)c2ccccc21. The average Bonchev–Trinajstić information content (AvgIpc) is 2.63. The van der Waals surface area contributed by atoms with E-state index in [1.165, 1.54) is 22.3 Å². The monoisotopic (exact) mass is 318 g/mol. The van der Waals surface area contributed by atoms with Gasteiger partial charge in [0.25, 0.3) is 0 Å². The Balaban J connectivity index is 1.56. The number of aliphatic imine (C=N–C) groups is 2. The molecule has 122 valence electrons. The van der Waals surface area contributed by atoms with Crippen LogP contribution in [0.5, 0.6) is 0 Å². The van der Waals surface area contributed by atoms with Crippen molar-refractivity contribution >= 4 is 11.7 Å². The topological polar surface area (TPSA) is 48.8 Å². The molecule has 4 rings (SSSR count). The zero-order valence-corrected chi connectivity index (χ0v) is 14.1. The van der Waals surface area contributed by atoms with Gasteiger partial charge in [-0.1, -0.05) is 62.4 Å². The van der Waals surface area contributed by atoms with Crippen LogP contribution in [-0.4, -0.2) is 24.8 Å². The minimum Gasteiger partial charge on any atom is -0.283 e. The lowest BCUT2D eigenvalue weighted by molar-refractivity contribution is 0.723. The van der Waals surface area contributed by atoms with Gasteiger partial charge in [0.05, 0.1) is 0 Å². The van der Waals surface area contributed by atoms with Crippen LogP contribution in [-0.2, 0) is 0 Å². The maximum Gasteiger partial charge on any atom is 0.147 e. The summed E-state index contributed by atoms with van der Waals surface area (Å²) in [7, 11) is 0. The van der Waals surface area contributed by atoms with Gasteiger partial charge >= 0.3 is 0 Å². The highest BCUT2D eigenvalue weighted by Gasteiger charge is 2.21. The third kappa shape index (κ3) is 2.58. The van der Waals surface area contributed by atoms with Crippen LogP contribution in [0.2, 0.25) is 0 Å². The molecule has 0 saturated heterocycles. The standard InChI is InChI=1S/C20H22N4/c1-13-11-21-19(17-9-5-3-7-15(13)17)23-24-20-18-10-6-4-8-16(18)14(2)12-22-20/h3-10,13-14H,11-12H2,1-2H3,(H,21,23)(H,22,24). The largest absolute Gasteiger partial charge is 0.283 e. The van der Waals surface area contributed by atoms with Gasteiger partial charge in [-0.2, -0.15) is 0 Å². The third-order valence-electron chi connectivity index (χ3n) is 4.84. The molecular formula is C20H22N4. The Morgan fingerprint density at radius 2 is 1.12 bits per heavy atom. The van der Waals surface area contributed by atoms with Gasteiger partial charge < -0.3 is 0 Å². The van der Waals surface area contributed by atoms with Gasteiger partial charge in [-0.3, -0.25) is 20.8 Å². The van der Waals surface area contributed by atoms with Gasteiger partial charge in [0, 0.05) is 36.1 Å². The van der Waals surface area contributed by atoms with Crippen molar-refractivity contribution in [3.8, 4) is 0 Å². The first-order chi connectivity index (χ1) is 11.7. The van der Waals surface area contributed by atoms with E-state index in [4.69, 9.17) is 9.98 Å². The van der Waals surface area contributed by atoms with Crippen LogP contribution in [0.15, 0.2) is 58.5 Å². The quantitative estimate of drug-likeness (QED) is 0.733. The summed E-state index contributed by atoms with van der Waals surface area (Å²) in [5.41, 5.74) is 11.6. The van der Waals surface area contributed by atoms with E-state index in [1.54, 1.807) is 0 Å². The summed E-state index contributed by atoms with van der Waals surface area (Å²) in [6.07, 6.45) is 0. The van der Waals surface area contributed by atoms with Gasteiger partial charge in [0.1, 0.15) is 11.7 Å². The first-order valence-electron chi connectivity index (χ1n) is 8.53. The number of amidine groups is 2. The molecule has 2 N–H and O–H groups in total. The second-order valence-corrected chi connectivity index (χ2v) is 6.61. The second-order valence-electron chi connectivity index (χ2n) is 6.61. The van der Waals surface area contributed by atoms with Crippen LogP contribution in [0, 0.1) is 0 Å². The molecular weight excluding hydrogens is 296 g/mol. The molecule has 0 spiro atoms. The van der Waals surface area contributed by atoms with Crippen LogP contribution in [0.25, 0.3) is 0 Å². The first-order valence-corrected chi connectivity index (χ1v) is 8.53. The lowest BCUT2D eigenvalue weighted by Crippen LogP contribution is -2.45. The molecule has 24 heavy (non-hydrogen) atoms. The van der Waals surface area contributed by atoms with E-state index >= 15 is 0 Å². The Kier molecular flexibility index (Phi) is 3.81. The molecule has 0 bridgehead atoms. The summed E-state index contributed by atoms with van der Waals surface area (Å²) in [6, 6.07) is 16.9. The predicted molar refractivity (Wildman–Crippen MR) is 98.8 cm³/mol. The van der Waals surface area contributed by atoms with Crippen LogP contribution in [0.4, 0.5) is 0 Å². The third-order valence-corrected chi connectivity index (χ3v) is 4.84. The fraction of sp³-hybridized carbons (Fsp3) is 0.300. The van der Waals surface area contributed by atoms with Crippen LogP contribution >= 0.6 is 0 Å². The van der Waals surface area contributed by atoms with Crippen molar-refractivity contribution in [2.45, 2.75) is 25.7 Å². The van der Waals surface area contributed by atoms with Crippen molar-refractivity contribution in [2.75, 3.05) is 13.1 Å². The Morgan fingerprint density at radius 1 is 0.708 bits per heavy atom. The molecule has 0 aliphatic carbocycles. The van der Waals surface area contributed by atoms with Crippen LogP contribution in [0.1, 0.15) is 47.9 Å². The summed E-state index contributed by atoms with van der Waals surface area (Å²) < 4.78 is 0. The molecule has 4 heteroatoms. The van der Waals surface area contributed by atoms with Gasteiger partial charge in [-0.05, 0) is 11.1 Å². The highest BCUT2D eigenvalue weighted by molar-refractivity contribution is 6.05. The number of hydrazine groups is 1. The Labute approximate surface area is 142 Å². The number of nitrogens with one attached hydrogen (secondary N) is 2. The summed E-state index contributed by atoms with van der Waals surface area (Å²) in [6.45, 7) is 6.05. The van der Waals surface area contributed by atoms with E-state index in [0.717, 1.165) is 24.8 Å². The zero-order chi connectivity index (χ0) is 16.5. The maximum absolute atomic E-state index is 4.70. The molecule has 2 unspecified atom stereocenters. The molecule has 0 saturated carbocycles. The normalized spacial score (nSPS) is 21.9. The number of hydrogen-bond acceptors (Lipinski definition) is 4. The molecule has 2 aliphatic rings. The molecule has 2 aliphatic heterocycles. The Hall–Kier alpha value is -2.62. The maximum atomic E-state index is 4.70. The first kappa shape index (κ1) is 14.9. The fourth-order valence-corrected chi connectivity index (χ4v) is 3.44. The van der Waals surface area contributed by atoms with E-state index < -0.39 is 0 Å². The van der Waals surface area contributed by atoms with Gasteiger partial charge in [-0.25, -0.2) is 0 Å². The Morgan fingerprint density at radius 3 is 1.58 bits per heavy atom. The lowest BCUT2D eigenvalue weighted by Gasteiger charge is -2.26. The van der Waals surface area contributed by atoms with E-state index in [9.17, 15) is 0 Å². The van der Waals surface area contributed by atoms with Crippen molar-refractivity contribution in [2.24, 2.45) is 9.98 Å². The highest BCUT2D eigenvalue weighted by atomic mass is 15.4. The number of hydrogen-bond donors (Lipinski definition) is 2. The van der Waals surface area contributed by atoms with Gasteiger partial charge in [-0.15, -0.1) is 0 Å². The Bertz CT molecular complexity index is 752. The summed E-state index contributed by atoms with van der Waals surface area (Å²) in [5.74, 6) is 2.70. The molecule has 2 atom stereocenters. The van der Waals surface area contributed by atoms with Crippen molar-refractivity contribution < 1.29 is 0 Å². The molecule has 2 heterocycles. The van der Waals surface area contributed by atoms with Gasteiger partial charge in [0.2, 0.25) is 0 Å². The summed E-state index contributed by atoms with van der Waals surface area (Å²) in [4.78, 5) is 9.39. The zero-order valence-electron chi connectivity index (χ0n) is 14.1. The second kappa shape index (κ2) is 6.11. The smallest absolute Gasteiger partial charge is 0.147 e. The number of nitrogens with zero attached hydrogens (tertiary/aromatic N) is 2. The number of fused-ring (bicyclic) bond motifs is 2. The van der Waals surface area contributed by atoms with Crippen molar-refractivity contribution in [1.82, 2.24) is 10.9 Å². The molecule has 2 aromatic carbocycles. The van der Waals surface area contributed by atoms with Crippen LogP contribution < -0.4 is 10.9 Å². The van der Waals surface area contributed by atoms with Gasteiger partial charge in [0.15, 0.2) is 0 Å². The molecule has 2 aromatic rings. The van der Waals surface area contributed by atoms with E-state index in [2.05, 4.69) is 73.2 Å². The van der Waals surface area contributed by atoms with Crippen LogP contribution in [0.3, 0.4) is 0 Å². The van der Waals surface area contributed by atoms with E-state index in [0.29, 0.717) is 11.8 Å².